The molecular formula is C9H10ClN3. The van der Waals surface area contributed by atoms with E-state index in [0.29, 0.717) is 10.9 Å². The lowest BCUT2D eigenvalue weighted by Gasteiger charge is -1.99. The number of aromatic nitrogens is 3. The van der Waals surface area contributed by atoms with Gasteiger partial charge in [0, 0.05) is 18.1 Å². The first kappa shape index (κ1) is 8.51. The Kier molecular flexibility index (Phi) is 1.96. The maximum Gasteiger partial charge on any atom is 0.157 e. The van der Waals surface area contributed by atoms with Gasteiger partial charge in [-0.1, -0.05) is 25.4 Å². The van der Waals surface area contributed by atoms with Crippen LogP contribution in [-0.4, -0.2) is 15.0 Å². The van der Waals surface area contributed by atoms with Crippen molar-refractivity contribution in [3.63, 3.8) is 0 Å². The van der Waals surface area contributed by atoms with E-state index in [2.05, 4.69) is 28.8 Å². The summed E-state index contributed by atoms with van der Waals surface area (Å²) in [6.07, 6.45) is 3.30. The molecule has 0 radical (unpaired) electrons. The molecule has 0 aliphatic rings. The number of rotatable bonds is 1. The summed E-state index contributed by atoms with van der Waals surface area (Å²) < 4.78 is 0. The Bertz CT molecular complexity index is 433. The zero-order valence-corrected chi connectivity index (χ0v) is 8.26. The smallest absolute Gasteiger partial charge is 0.157 e. The molecule has 2 aromatic rings. The summed E-state index contributed by atoms with van der Waals surface area (Å²) in [5, 5.41) is 0.693. The molecule has 0 aliphatic heterocycles. The van der Waals surface area contributed by atoms with Gasteiger partial charge in [0.05, 0.1) is 5.02 Å². The minimum atomic E-state index is 0.364. The van der Waals surface area contributed by atoms with Crippen molar-refractivity contribution in [1.29, 1.82) is 0 Å². The zero-order valence-electron chi connectivity index (χ0n) is 7.50. The van der Waals surface area contributed by atoms with Crippen molar-refractivity contribution in [3.05, 3.63) is 23.1 Å². The normalized spacial score (nSPS) is 11.4. The minimum absolute atomic E-state index is 0.364. The topological polar surface area (TPSA) is 41.6 Å². The van der Waals surface area contributed by atoms with Gasteiger partial charge < -0.3 is 4.98 Å². The first-order valence-electron chi connectivity index (χ1n) is 4.18. The van der Waals surface area contributed by atoms with E-state index in [1.54, 1.807) is 12.4 Å². The summed E-state index contributed by atoms with van der Waals surface area (Å²) in [6.45, 7) is 4.16. The van der Waals surface area contributed by atoms with Crippen LogP contribution in [0.3, 0.4) is 0 Å². The molecule has 3 nitrogen and oxygen atoms in total. The van der Waals surface area contributed by atoms with Crippen LogP contribution in [0, 0.1) is 0 Å². The van der Waals surface area contributed by atoms with E-state index >= 15 is 0 Å². The molecule has 2 rings (SSSR count). The summed E-state index contributed by atoms with van der Waals surface area (Å²) in [4.78, 5) is 11.5. The lowest BCUT2D eigenvalue weighted by molar-refractivity contribution is 0.835. The van der Waals surface area contributed by atoms with E-state index in [-0.39, 0.29) is 0 Å². The molecule has 0 aliphatic carbocycles. The van der Waals surface area contributed by atoms with Gasteiger partial charge in [-0.3, -0.25) is 0 Å². The molecule has 0 saturated heterocycles. The van der Waals surface area contributed by atoms with Gasteiger partial charge in [0.2, 0.25) is 0 Å². The molecule has 2 heterocycles. The van der Waals surface area contributed by atoms with Gasteiger partial charge in [-0.05, 0) is 5.92 Å². The monoisotopic (exact) mass is 195 g/mol. The third kappa shape index (κ3) is 1.29. The van der Waals surface area contributed by atoms with Crippen LogP contribution in [0.2, 0.25) is 5.02 Å². The SMILES string of the molecule is CC(C)c1[nH]c2nccnc2c1Cl. The van der Waals surface area contributed by atoms with E-state index in [0.717, 1.165) is 16.9 Å². The average Bonchev–Trinajstić information content (AvgIpc) is 2.45. The highest BCUT2D eigenvalue weighted by molar-refractivity contribution is 6.35. The Morgan fingerprint density at radius 2 is 2.00 bits per heavy atom. The molecule has 0 atom stereocenters. The van der Waals surface area contributed by atoms with Crippen molar-refractivity contribution >= 4 is 22.8 Å². The number of hydrogen-bond acceptors (Lipinski definition) is 2. The fourth-order valence-electron chi connectivity index (χ4n) is 1.30. The van der Waals surface area contributed by atoms with Gasteiger partial charge in [-0.15, -0.1) is 0 Å². The number of H-pyrrole nitrogens is 1. The van der Waals surface area contributed by atoms with E-state index < -0.39 is 0 Å². The largest absolute Gasteiger partial charge is 0.340 e. The van der Waals surface area contributed by atoms with Crippen LogP contribution in [0.15, 0.2) is 12.4 Å². The van der Waals surface area contributed by atoms with Gasteiger partial charge in [0.25, 0.3) is 0 Å². The lowest BCUT2D eigenvalue weighted by atomic mass is 10.1. The van der Waals surface area contributed by atoms with Crippen LogP contribution in [0.4, 0.5) is 0 Å². The van der Waals surface area contributed by atoms with Gasteiger partial charge in [0.1, 0.15) is 5.52 Å². The van der Waals surface area contributed by atoms with E-state index in [1.165, 1.54) is 0 Å². The van der Waals surface area contributed by atoms with E-state index in [1.807, 2.05) is 0 Å². The Labute approximate surface area is 81.2 Å². The number of nitrogens with zero attached hydrogens (tertiary/aromatic N) is 2. The van der Waals surface area contributed by atoms with Crippen molar-refractivity contribution in [2.45, 2.75) is 19.8 Å². The highest BCUT2D eigenvalue weighted by atomic mass is 35.5. The predicted molar refractivity (Wildman–Crippen MR) is 53.0 cm³/mol. The highest BCUT2D eigenvalue weighted by Gasteiger charge is 2.13. The Hall–Kier alpha value is -1.09. The van der Waals surface area contributed by atoms with Crippen LogP contribution in [0.25, 0.3) is 11.2 Å². The molecular weight excluding hydrogens is 186 g/mol. The number of hydrogen-bond donors (Lipinski definition) is 1. The van der Waals surface area contributed by atoms with Gasteiger partial charge in [-0.25, -0.2) is 9.97 Å². The Morgan fingerprint density at radius 3 is 2.62 bits per heavy atom. The van der Waals surface area contributed by atoms with Gasteiger partial charge in [0.15, 0.2) is 5.65 Å². The molecule has 0 unspecified atom stereocenters. The second-order valence-corrected chi connectivity index (χ2v) is 3.64. The number of aromatic amines is 1. The molecule has 0 fully saturated rings. The van der Waals surface area contributed by atoms with Crippen molar-refractivity contribution in [3.8, 4) is 0 Å². The molecule has 4 heteroatoms. The molecule has 0 aromatic carbocycles. The summed E-state index contributed by atoms with van der Waals surface area (Å²) in [5.41, 5.74) is 2.52. The van der Waals surface area contributed by atoms with Crippen molar-refractivity contribution in [2.24, 2.45) is 0 Å². The number of halogens is 1. The average molecular weight is 196 g/mol. The van der Waals surface area contributed by atoms with Crippen molar-refractivity contribution < 1.29 is 0 Å². The zero-order chi connectivity index (χ0) is 9.42. The third-order valence-corrected chi connectivity index (χ3v) is 2.36. The molecule has 0 amide bonds. The molecule has 0 spiro atoms. The molecule has 1 N–H and O–H groups in total. The van der Waals surface area contributed by atoms with Crippen LogP contribution in [-0.2, 0) is 0 Å². The lowest BCUT2D eigenvalue weighted by Crippen LogP contribution is -1.86. The molecule has 13 heavy (non-hydrogen) atoms. The fourth-order valence-corrected chi connectivity index (χ4v) is 1.70. The van der Waals surface area contributed by atoms with Gasteiger partial charge in [-0.2, -0.15) is 0 Å². The standard InChI is InChI=1S/C9H10ClN3/c1-5(2)7-6(10)8-9(13-7)12-4-3-11-8/h3-5H,1-2H3,(H,12,13). The second-order valence-electron chi connectivity index (χ2n) is 3.26. The van der Waals surface area contributed by atoms with Crippen LogP contribution in [0.5, 0.6) is 0 Å². The van der Waals surface area contributed by atoms with Crippen LogP contribution in [0.1, 0.15) is 25.5 Å². The fraction of sp³-hybridized carbons (Fsp3) is 0.333. The minimum Gasteiger partial charge on any atom is -0.340 e. The Balaban J connectivity index is 2.74. The summed E-state index contributed by atoms with van der Waals surface area (Å²) >= 11 is 6.12. The van der Waals surface area contributed by atoms with Gasteiger partial charge >= 0.3 is 0 Å². The number of fused-ring (bicyclic) bond motifs is 1. The summed E-state index contributed by atoms with van der Waals surface area (Å²) in [5.74, 6) is 0.364. The highest BCUT2D eigenvalue weighted by Crippen LogP contribution is 2.28. The third-order valence-electron chi connectivity index (χ3n) is 1.97. The maximum absolute atomic E-state index is 6.12. The van der Waals surface area contributed by atoms with Crippen molar-refractivity contribution in [1.82, 2.24) is 15.0 Å². The Morgan fingerprint density at radius 1 is 1.31 bits per heavy atom. The second kappa shape index (κ2) is 3.00. The van der Waals surface area contributed by atoms with Crippen molar-refractivity contribution in [2.75, 3.05) is 0 Å². The molecule has 2 aromatic heterocycles. The molecule has 0 saturated carbocycles. The quantitative estimate of drug-likeness (QED) is 0.760. The molecule has 0 bridgehead atoms. The number of nitrogens with one attached hydrogen (secondary N) is 1. The van der Waals surface area contributed by atoms with E-state index in [4.69, 9.17) is 11.6 Å². The van der Waals surface area contributed by atoms with Crippen LogP contribution >= 0.6 is 11.6 Å². The summed E-state index contributed by atoms with van der Waals surface area (Å²) in [6, 6.07) is 0. The van der Waals surface area contributed by atoms with Crippen LogP contribution < -0.4 is 0 Å². The predicted octanol–water partition coefficient (Wildman–Crippen LogP) is 2.73. The maximum atomic E-state index is 6.12. The van der Waals surface area contributed by atoms with E-state index in [9.17, 15) is 0 Å². The first-order chi connectivity index (χ1) is 6.20. The molecule has 68 valence electrons. The summed E-state index contributed by atoms with van der Waals surface area (Å²) in [7, 11) is 0. The first-order valence-corrected chi connectivity index (χ1v) is 4.56.